The SMILES string of the molecule is Cc1cc(OCC(O)CNCCCC(N)=O)ccc1Cl. The van der Waals surface area contributed by atoms with Crippen LogP contribution in [0, 0.1) is 6.92 Å². The standard InChI is InChI=1S/C14H21ClN2O3/c1-10-7-12(4-5-13(10)15)20-9-11(18)8-17-6-2-3-14(16)19/h4-5,7,11,17-18H,2-3,6,8-9H2,1H3,(H2,16,19). The molecule has 20 heavy (non-hydrogen) atoms. The van der Waals surface area contributed by atoms with Crippen LogP contribution in [0.2, 0.25) is 5.02 Å². The lowest BCUT2D eigenvalue weighted by atomic mass is 10.2. The molecule has 5 nitrogen and oxygen atoms in total. The summed E-state index contributed by atoms with van der Waals surface area (Å²) in [6.07, 6.45) is 0.405. The Bertz CT molecular complexity index is 440. The lowest BCUT2D eigenvalue weighted by Gasteiger charge is -2.13. The minimum atomic E-state index is -0.612. The van der Waals surface area contributed by atoms with Gasteiger partial charge in [-0.2, -0.15) is 0 Å². The molecule has 0 bridgehead atoms. The lowest BCUT2D eigenvalue weighted by molar-refractivity contribution is -0.118. The maximum absolute atomic E-state index is 10.5. The Morgan fingerprint density at radius 1 is 1.55 bits per heavy atom. The largest absolute Gasteiger partial charge is 0.491 e. The molecule has 1 aromatic carbocycles. The van der Waals surface area contributed by atoms with Crippen molar-refractivity contribution in [2.75, 3.05) is 19.7 Å². The van der Waals surface area contributed by atoms with Gasteiger partial charge in [0.1, 0.15) is 18.5 Å². The first-order valence-electron chi connectivity index (χ1n) is 6.55. The van der Waals surface area contributed by atoms with Crippen LogP contribution in [0.25, 0.3) is 0 Å². The first-order chi connectivity index (χ1) is 9.49. The second kappa shape index (κ2) is 8.79. The highest BCUT2D eigenvalue weighted by molar-refractivity contribution is 6.31. The van der Waals surface area contributed by atoms with E-state index in [0.717, 1.165) is 5.56 Å². The van der Waals surface area contributed by atoms with Gasteiger partial charge in [0, 0.05) is 18.0 Å². The summed E-state index contributed by atoms with van der Waals surface area (Å²) in [5.74, 6) is 0.369. The van der Waals surface area contributed by atoms with E-state index in [4.69, 9.17) is 22.1 Å². The van der Waals surface area contributed by atoms with E-state index >= 15 is 0 Å². The molecule has 6 heteroatoms. The van der Waals surface area contributed by atoms with Crippen LogP contribution in [0.3, 0.4) is 0 Å². The smallest absolute Gasteiger partial charge is 0.217 e. The van der Waals surface area contributed by atoms with Crippen LogP contribution in [-0.4, -0.2) is 36.8 Å². The number of aliphatic hydroxyl groups excluding tert-OH is 1. The second-order valence-corrected chi connectivity index (χ2v) is 5.06. The van der Waals surface area contributed by atoms with Crippen molar-refractivity contribution >= 4 is 17.5 Å². The molecule has 0 aliphatic heterocycles. The minimum absolute atomic E-state index is 0.198. The van der Waals surface area contributed by atoms with Gasteiger partial charge in [0.25, 0.3) is 0 Å². The summed E-state index contributed by atoms with van der Waals surface area (Å²) in [6.45, 7) is 3.14. The Kier molecular flexibility index (Phi) is 7.36. The molecule has 0 saturated heterocycles. The minimum Gasteiger partial charge on any atom is -0.491 e. The number of carbonyl (C=O) groups excluding carboxylic acids is 1. The van der Waals surface area contributed by atoms with Gasteiger partial charge in [-0.25, -0.2) is 0 Å². The van der Waals surface area contributed by atoms with Crippen molar-refractivity contribution in [1.82, 2.24) is 5.32 Å². The molecule has 0 aromatic heterocycles. The Morgan fingerprint density at radius 3 is 2.95 bits per heavy atom. The molecule has 0 aliphatic rings. The number of nitrogens with two attached hydrogens (primary N) is 1. The van der Waals surface area contributed by atoms with E-state index in [2.05, 4.69) is 5.32 Å². The Hall–Kier alpha value is -1.30. The third-order valence-corrected chi connectivity index (χ3v) is 3.15. The summed E-state index contributed by atoms with van der Waals surface area (Å²) >= 11 is 5.92. The normalized spacial score (nSPS) is 12.2. The summed E-state index contributed by atoms with van der Waals surface area (Å²) in [6, 6.07) is 5.36. The van der Waals surface area contributed by atoms with Gasteiger partial charge in [-0.15, -0.1) is 0 Å². The number of hydrogen-bond acceptors (Lipinski definition) is 4. The molecule has 4 N–H and O–H groups in total. The number of aryl methyl sites for hydroxylation is 1. The molecule has 1 rings (SSSR count). The van der Waals surface area contributed by atoms with Crippen molar-refractivity contribution in [3.05, 3.63) is 28.8 Å². The van der Waals surface area contributed by atoms with Crippen LogP contribution in [0.1, 0.15) is 18.4 Å². The van der Waals surface area contributed by atoms with Gasteiger partial charge < -0.3 is 20.9 Å². The fourth-order valence-electron chi connectivity index (χ4n) is 1.61. The first kappa shape index (κ1) is 16.8. The van der Waals surface area contributed by atoms with Gasteiger partial charge >= 0.3 is 0 Å². The molecule has 0 spiro atoms. The molecule has 0 aliphatic carbocycles. The van der Waals surface area contributed by atoms with Gasteiger partial charge in [-0.1, -0.05) is 11.6 Å². The van der Waals surface area contributed by atoms with Gasteiger partial charge in [0.2, 0.25) is 5.91 Å². The quantitative estimate of drug-likeness (QED) is 0.599. The molecule has 112 valence electrons. The average molecular weight is 301 g/mol. The molecular weight excluding hydrogens is 280 g/mol. The number of halogens is 1. The Balaban J connectivity index is 2.17. The monoisotopic (exact) mass is 300 g/mol. The molecule has 1 atom stereocenters. The summed E-state index contributed by atoms with van der Waals surface area (Å²) in [4.78, 5) is 10.5. The maximum Gasteiger partial charge on any atom is 0.217 e. The summed E-state index contributed by atoms with van der Waals surface area (Å²) < 4.78 is 5.48. The molecule has 0 radical (unpaired) electrons. The fourth-order valence-corrected chi connectivity index (χ4v) is 1.73. The zero-order valence-corrected chi connectivity index (χ0v) is 12.3. The van der Waals surface area contributed by atoms with Crippen molar-refractivity contribution in [2.45, 2.75) is 25.9 Å². The van der Waals surface area contributed by atoms with E-state index in [1.807, 2.05) is 13.0 Å². The molecule has 0 saturated carbocycles. The topological polar surface area (TPSA) is 84.6 Å². The third kappa shape index (κ3) is 6.75. The summed E-state index contributed by atoms with van der Waals surface area (Å²) in [7, 11) is 0. The van der Waals surface area contributed by atoms with Crippen LogP contribution in [0.5, 0.6) is 5.75 Å². The van der Waals surface area contributed by atoms with E-state index in [9.17, 15) is 9.90 Å². The van der Waals surface area contributed by atoms with Gasteiger partial charge in [-0.3, -0.25) is 4.79 Å². The number of rotatable bonds is 9. The predicted octanol–water partition coefficient (Wildman–Crippen LogP) is 1.24. The molecule has 0 fully saturated rings. The molecule has 1 unspecified atom stereocenters. The van der Waals surface area contributed by atoms with Gasteiger partial charge in [-0.05, 0) is 43.7 Å². The van der Waals surface area contributed by atoms with Crippen LogP contribution in [0.4, 0.5) is 0 Å². The van der Waals surface area contributed by atoms with Crippen LogP contribution >= 0.6 is 11.6 Å². The van der Waals surface area contributed by atoms with E-state index in [0.29, 0.717) is 36.7 Å². The summed E-state index contributed by atoms with van der Waals surface area (Å²) in [5, 5.41) is 13.5. The second-order valence-electron chi connectivity index (χ2n) is 4.65. The van der Waals surface area contributed by atoms with E-state index in [1.165, 1.54) is 0 Å². The van der Waals surface area contributed by atoms with Crippen molar-refractivity contribution in [3.63, 3.8) is 0 Å². The fraction of sp³-hybridized carbons (Fsp3) is 0.500. The van der Waals surface area contributed by atoms with Crippen LogP contribution in [0.15, 0.2) is 18.2 Å². The van der Waals surface area contributed by atoms with E-state index in [-0.39, 0.29) is 12.5 Å². The lowest BCUT2D eigenvalue weighted by Crippen LogP contribution is -2.32. The van der Waals surface area contributed by atoms with E-state index < -0.39 is 6.10 Å². The Morgan fingerprint density at radius 2 is 2.30 bits per heavy atom. The predicted molar refractivity (Wildman–Crippen MR) is 79.0 cm³/mol. The van der Waals surface area contributed by atoms with Crippen molar-refractivity contribution in [2.24, 2.45) is 5.73 Å². The first-order valence-corrected chi connectivity index (χ1v) is 6.93. The van der Waals surface area contributed by atoms with Gasteiger partial charge in [0.05, 0.1) is 0 Å². The number of ether oxygens (including phenoxy) is 1. The number of amides is 1. The summed E-state index contributed by atoms with van der Waals surface area (Å²) in [5.41, 5.74) is 5.96. The number of benzene rings is 1. The highest BCUT2D eigenvalue weighted by Gasteiger charge is 2.06. The number of primary amides is 1. The number of aliphatic hydroxyl groups is 1. The zero-order chi connectivity index (χ0) is 15.0. The Labute approximate surface area is 124 Å². The molecule has 0 heterocycles. The number of carbonyl (C=O) groups is 1. The maximum atomic E-state index is 10.5. The number of nitrogens with one attached hydrogen (secondary N) is 1. The molecule has 1 aromatic rings. The highest BCUT2D eigenvalue weighted by atomic mass is 35.5. The van der Waals surface area contributed by atoms with Crippen LogP contribution in [-0.2, 0) is 4.79 Å². The molecular formula is C14H21ClN2O3. The van der Waals surface area contributed by atoms with Crippen molar-refractivity contribution < 1.29 is 14.6 Å². The van der Waals surface area contributed by atoms with Crippen molar-refractivity contribution in [3.8, 4) is 5.75 Å². The van der Waals surface area contributed by atoms with Gasteiger partial charge in [0.15, 0.2) is 0 Å². The molecule has 1 amide bonds. The number of hydrogen-bond donors (Lipinski definition) is 3. The third-order valence-electron chi connectivity index (χ3n) is 2.73. The van der Waals surface area contributed by atoms with Crippen LogP contribution < -0.4 is 15.8 Å². The average Bonchev–Trinajstić information content (AvgIpc) is 2.39. The zero-order valence-electron chi connectivity index (χ0n) is 11.6. The van der Waals surface area contributed by atoms with Crippen molar-refractivity contribution in [1.29, 1.82) is 0 Å². The van der Waals surface area contributed by atoms with E-state index in [1.54, 1.807) is 12.1 Å². The highest BCUT2D eigenvalue weighted by Crippen LogP contribution is 2.20.